The Morgan fingerprint density at radius 2 is 1.91 bits per heavy atom. The molecule has 8 heteroatoms. The fraction of sp³-hybridized carbons (Fsp3) is 0.417. The maximum Gasteiger partial charge on any atom is 0.259 e. The number of nitrogens with one attached hydrogen (secondary N) is 1. The molecule has 0 aliphatic carbocycles. The number of amides is 2. The molecule has 0 spiro atoms. The van der Waals surface area contributed by atoms with Gasteiger partial charge in [0.2, 0.25) is 9.84 Å². The summed E-state index contributed by atoms with van der Waals surface area (Å²) in [7, 11) is -3.89. The average Bonchev–Trinajstić information content (AvgIpc) is 2.86. The Hall–Kier alpha value is -2.71. The number of benzene rings is 2. The number of hydrogen-bond donors (Lipinski definition) is 1. The average molecular weight is 456 g/mol. The predicted octanol–water partition coefficient (Wildman–Crippen LogP) is 3.10. The molecule has 170 valence electrons. The van der Waals surface area contributed by atoms with Crippen LogP contribution in [-0.2, 0) is 9.84 Å². The van der Waals surface area contributed by atoms with E-state index in [1.165, 1.54) is 54.5 Å². The first-order valence-electron chi connectivity index (χ1n) is 11.2. The normalized spacial score (nSPS) is 20.2. The Morgan fingerprint density at radius 1 is 1.12 bits per heavy atom. The van der Waals surface area contributed by atoms with Crippen molar-refractivity contribution < 1.29 is 18.0 Å². The SMILES string of the molecule is CCN1C(=O)c2ccccc2S(=O)(=O)c2ccc(C(=O)NCCN3CCCCC3C)cc21. The van der Waals surface area contributed by atoms with Gasteiger partial charge in [0.1, 0.15) is 0 Å². The van der Waals surface area contributed by atoms with E-state index >= 15 is 0 Å². The molecule has 1 N–H and O–H groups in total. The highest BCUT2D eigenvalue weighted by molar-refractivity contribution is 7.91. The Balaban J connectivity index is 1.60. The van der Waals surface area contributed by atoms with Crippen LogP contribution in [0.2, 0.25) is 0 Å². The van der Waals surface area contributed by atoms with E-state index in [4.69, 9.17) is 0 Å². The van der Waals surface area contributed by atoms with Crippen LogP contribution >= 0.6 is 0 Å². The van der Waals surface area contributed by atoms with Crippen molar-refractivity contribution in [3.8, 4) is 0 Å². The molecule has 1 saturated heterocycles. The molecular formula is C24H29N3O4S. The summed E-state index contributed by atoms with van der Waals surface area (Å²) in [6.07, 6.45) is 3.61. The summed E-state index contributed by atoms with van der Waals surface area (Å²) in [4.78, 5) is 29.8. The standard InChI is InChI=1S/C24H29N3O4S/c1-3-27-20-16-18(23(28)25-13-15-26-14-7-6-8-17(26)2)11-12-22(20)32(30,31)21-10-5-4-9-19(21)24(27)29/h4-5,9-12,16-17H,3,6-8,13-15H2,1-2H3,(H,25,28). The summed E-state index contributed by atoms with van der Waals surface area (Å²) in [6.45, 7) is 6.62. The van der Waals surface area contributed by atoms with Gasteiger partial charge in [-0.05, 0) is 63.6 Å². The van der Waals surface area contributed by atoms with E-state index in [1.54, 1.807) is 19.1 Å². The number of fused-ring (bicyclic) bond motifs is 2. The van der Waals surface area contributed by atoms with Crippen LogP contribution in [0.1, 0.15) is 53.8 Å². The van der Waals surface area contributed by atoms with Crippen LogP contribution in [0.25, 0.3) is 0 Å². The summed E-state index contributed by atoms with van der Waals surface area (Å²) >= 11 is 0. The van der Waals surface area contributed by atoms with Crippen LogP contribution in [-0.4, -0.2) is 57.4 Å². The summed E-state index contributed by atoms with van der Waals surface area (Å²) in [5.41, 5.74) is 0.723. The van der Waals surface area contributed by atoms with Gasteiger partial charge in [-0.25, -0.2) is 8.42 Å². The van der Waals surface area contributed by atoms with Gasteiger partial charge in [-0.3, -0.25) is 14.5 Å². The lowest BCUT2D eigenvalue weighted by Gasteiger charge is -2.33. The maximum atomic E-state index is 13.3. The number of rotatable bonds is 5. The molecule has 2 heterocycles. The Kier molecular flexibility index (Phi) is 6.35. The number of piperidine rings is 1. The van der Waals surface area contributed by atoms with Gasteiger partial charge in [-0.2, -0.15) is 0 Å². The van der Waals surface area contributed by atoms with Crippen molar-refractivity contribution in [2.24, 2.45) is 0 Å². The van der Waals surface area contributed by atoms with Crippen LogP contribution in [0.4, 0.5) is 5.69 Å². The summed E-state index contributed by atoms with van der Waals surface area (Å²) in [6, 6.07) is 11.2. The third kappa shape index (κ3) is 4.04. The van der Waals surface area contributed by atoms with Crippen molar-refractivity contribution in [2.75, 3.05) is 31.1 Å². The minimum absolute atomic E-state index is 0.00458. The monoisotopic (exact) mass is 455 g/mol. The molecule has 0 saturated carbocycles. The van der Waals surface area contributed by atoms with E-state index in [1.807, 2.05) is 0 Å². The zero-order valence-corrected chi connectivity index (χ0v) is 19.3. The lowest BCUT2D eigenvalue weighted by atomic mass is 10.0. The second-order valence-corrected chi connectivity index (χ2v) is 10.3. The summed E-state index contributed by atoms with van der Waals surface area (Å²) in [5.74, 6) is -0.665. The third-order valence-corrected chi connectivity index (χ3v) is 8.25. The Labute approximate surface area is 189 Å². The summed E-state index contributed by atoms with van der Waals surface area (Å²) in [5, 5.41) is 2.94. The smallest absolute Gasteiger partial charge is 0.259 e. The molecule has 2 aliphatic rings. The lowest BCUT2D eigenvalue weighted by molar-refractivity contribution is 0.0936. The highest BCUT2D eigenvalue weighted by atomic mass is 32.2. The van der Waals surface area contributed by atoms with Gasteiger partial charge in [0.25, 0.3) is 11.8 Å². The molecule has 1 fully saturated rings. The van der Waals surface area contributed by atoms with E-state index in [-0.39, 0.29) is 39.4 Å². The molecule has 1 atom stereocenters. The molecule has 2 aromatic carbocycles. The number of carbonyl (C=O) groups is 2. The van der Waals surface area contributed by atoms with Crippen LogP contribution in [0.3, 0.4) is 0 Å². The summed E-state index contributed by atoms with van der Waals surface area (Å²) < 4.78 is 26.6. The van der Waals surface area contributed by atoms with Gasteiger partial charge >= 0.3 is 0 Å². The lowest BCUT2D eigenvalue weighted by Crippen LogP contribution is -2.42. The second kappa shape index (κ2) is 9.03. The first-order chi connectivity index (χ1) is 15.3. The minimum atomic E-state index is -3.89. The predicted molar refractivity (Wildman–Crippen MR) is 123 cm³/mol. The van der Waals surface area contributed by atoms with Crippen molar-refractivity contribution in [3.05, 3.63) is 53.6 Å². The van der Waals surface area contributed by atoms with E-state index in [9.17, 15) is 18.0 Å². The number of nitrogens with zero attached hydrogens (tertiary/aromatic N) is 2. The number of carbonyl (C=O) groups excluding carboxylic acids is 2. The van der Waals surface area contributed by atoms with Gasteiger partial charge in [-0.1, -0.05) is 18.6 Å². The van der Waals surface area contributed by atoms with Crippen molar-refractivity contribution in [1.82, 2.24) is 10.2 Å². The molecule has 7 nitrogen and oxygen atoms in total. The molecule has 1 unspecified atom stereocenters. The Bertz CT molecular complexity index is 1150. The highest BCUT2D eigenvalue weighted by Crippen LogP contribution is 2.37. The number of likely N-dealkylation sites (tertiary alicyclic amines) is 1. The quantitative estimate of drug-likeness (QED) is 0.749. The van der Waals surface area contributed by atoms with E-state index in [2.05, 4.69) is 17.1 Å². The number of sulfone groups is 1. The second-order valence-electron chi connectivity index (χ2n) is 8.37. The Morgan fingerprint density at radius 3 is 2.66 bits per heavy atom. The molecule has 32 heavy (non-hydrogen) atoms. The zero-order chi connectivity index (χ0) is 22.9. The number of anilines is 1. The van der Waals surface area contributed by atoms with E-state index < -0.39 is 9.84 Å². The van der Waals surface area contributed by atoms with Crippen LogP contribution in [0.15, 0.2) is 52.3 Å². The highest BCUT2D eigenvalue weighted by Gasteiger charge is 2.35. The molecular weight excluding hydrogens is 426 g/mol. The van der Waals surface area contributed by atoms with E-state index in [0.717, 1.165) is 13.1 Å². The van der Waals surface area contributed by atoms with Crippen LogP contribution in [0.5, 0.6) is 0 Å². The van der Waals surface area contributed by atoms with Crippen molar-refractivity contribution in [2.45, 2.75) is 48.9 Å². The molecule has 2 aromatic rings. The van der Waals surface area contributed by atoms with Crippen LogP contribution < -0.4 is 10.2 Å². The van der Waals surface area contributed by atoms with Gasteiger partial charge < -0.3 is 10.2 Å². The van der Waals surface area contributed by atoms with Crippen molar-refractivity contribution in [1.29, 1.82) is 0 Å². The minimum Gasteiger partial charge on any atom is -0.351 e. The molecule has 0 aromatic heterocycles. The first-order valence-corrected chi connectivity index (χ1v) is 12.6. The molecule has 0 radical (unpaired) electrons. The number of hydrogen-bond acceptors (Lipinski definition) is 5. The molecule has 2 amide bonds. The van der Waals surface area contributed by atoms with Crippen molar-refractivity contribution in [3.63, 3.8) is 0 Å². The maximum absolute atomic E-state index is 13.3. The third-order valence-electron chi connectivity index (χ3n) is 6.39. The van der Waals surface area contributed by atoms with Crippen LogP contribution in [0, 0.1) is 0 Å². The van der Waals surface area contributed by atoms with E-state index in [0.29, 0.717) is 18.2 Å². The topological polar surface area (TPSA) is 86.8 Å². The van der Waals surface area contributed by atoms with Gasteiger partial charge in [-0.15, -0.1) is 0 Å². The molecule has 0 bridgehead atoms. The fourth-order valence-electron chi connectivity index (χ4n) is 4.57. The molecule has 2 aliphatic heterocycles. The van der Waals surface area contributed by atoms with Gasteiger partial charge in [0.05, 0.1) is 21.0 Å². The van der Waals surface area contributed by atoms with Crippen molar-refractivity contribution >= 4 is 27.3 Å². The molecule has 4 rings (SSSR count). The first kappa shape index (κ1) is 22.5. The zero-order valence-electron chi connectivity index (χ0n) is 18.5. The fourth-order valence-corrected chi connectivity index (χ4v) is 6.20. The largest absolute Gasteiger partial charge is 0.351 e. The van der Waals surface area contributed by atoms with Gasteiger partial charge in [0, 0.05) is 31.2 Å². The van der Waals surface area contributed by atoms with Gasteiger partial charge in [0.15, 0.2) is 0 Å².